The Hall–Kier alpha value is -0.120. The molecule has 1 aliphatic heterocycles. The van der Waals surface area contributed by atoms with Gasteiger partial charge >= 0.3 is 0 Å². The minimum atomic E-state index is 0.313. The van der Waals surface area contributed by atoms with E-state index in [0.29, 0.717) is 24.2 Å². The fourth-order valence-corrected chi connectivity index (χ4v) is 2.36. The van der Waals surface area contributed by atoms with Crippen LogP contribution in [-0.2, 0) is 9.47 Å². The third-order valence-electron chi connectivity index (χ3n) is 3.19. The molecule has 0 aliphatic carbocycles. The zero-order valence-corrected chi connectivity index (χ0v) is 11.9. The molecule has 0 aromatic carbocycles. The van der Waals surface area contributed by atoms with Gasteiger partial charge in [-0.25, -0.2) is 0 Å². The molecule has 0 radical (unpaired) electrons. The molecule has 3 unspecified atom stereocenters. The van der Waals surface area contributed by atoms with Gasteiger partial charge in [-0.1, -0.05) is 20.8 Å². The molecule has 1 aliphatic rings. The normalized spacial score (nSPS) is 26.6. The molecule has 1 N–H and O–H groups in total. The highest BCUT2D eigenvalue weighted by atomic mass is 16.5. The molecule has 0 spiro atoms. The lowest BCUT2D eigenvalue weighted by Crippen LogP contribution is -2.28. The van der Waals surface area contributed by atoms with E-state index in [0.717, 1.165) is 32.5 Å². The lowest BCUT2D eigenvalue weighted by Gasteiger charge is -2.19. The quantitative estimate of drug-likeness (QED) is 0.711. The molecule has 3 heteroatoms. The van der Waals surface area contributed by atoms with Crippen LogP contribution in [0, 0.1) is 5.92 Å². The van der Waals surface area contributed by atoms with Crippen LogP contribution in [0.2, 0.25) is 0 Å². The van der Waals surface area contributed by atoms with Crippen molar-refractivity contribution in [3.8, 4) is 0 Å². The van der Waals surface area contributed by atoms with Gasteiger partial charge in [0, 0.05) is 6.54 Å². The van der Waals surface area contributed by atoms with Gasteiger partial charge in [0.05, 0.1) is 24.9 Å². The molecule has 3 atom stereocenters. The average molecular weight is 243 g/mol. The Morgan fingerprint density at radius 1 is 1.24 bits per heavy atom. The monoisotopic (exact) mass is 243 g/mol. The summed E-state index contributed by atoms with van der Waals surface area (Å²) in [4.78, 5) is 0. The first-order valence-electron chi connectivity index (χ1n) is 7.09. The smallest absolute Gasteiger partial charge is 0.0814 e. The molecule has 0 bridgehead atoms. The summed E-state index contributed by atoms with van der Waals surface area (Å²) >= 11 is 0. The molecular weight excluding hydrogens is 214 g/mol. The molecule has 1 heterocycles. The van der Waals surface area contributed by atoms with Gasteiger partial charge in [0.25, 0.3) is 0 Å². The largest absolute Gasteiger partial charge is 0.376 e. The van der Waals surface area contributed by atoms with E-state index in [1.807, 2.05) is 0 Å². The Kier molecular flexibility index (Phi) is 7.09. The van der Waals surface area contributed by atoms with E-state index in [1.54, 1.807) is 0 Å². The van der Waals surface area contributed by atoms with Crippen LogP contribution in [-0.4, -0.2) is 38.0 Å². The summed E-state index contributed by atoms with van der Waals surface area (Å²) in [6.45, 7) is 11.5. The zero-order chi connectivity index (χ0) is 12.7. The van der Waals surface area contributed by atoms with Crippen LogP contribution in [0.25, 0.3) is 0 Å². The Balaban J connectivity index is 2.09. The Labute approximate surface area is 106 Å². The molecule has 0 saturated carbocycles. The third-order valence-corrected chi connectivity index (χ3v) is 3.19. The van der Waals surface area contributed by atoms with Crippen LogP contribution in [0.5, 0.6) is 0 Å². The van der Waals surface area contributed by atoms with E-state index >= 15 is 0 Å². The zero-order valence-electron chi connectivity index (χ0n) is 11.9. The van der Waals surface area contributed by atoms with Crippen molar-refractivity contribution in [1.29, 1.82) is 0 Å². The van der Waals surface area contributed by atoms with E-state index in [2.05, 4.69) is 33.0 Å². The van der Waals surface area contributed by atoms with Crippen molar-refractivity contribution in [1.82, 2.24) is 5.32 Å². The summed E-state index contributed by atoms with van der Waals surface area (Å²) in [7, 11) is 0. The van der Waals surface area contributed by atoms with E-state index in [-0.39, 0.29) is 0 Å². The first kappa shape index (κ1) is 14.9. The maximum Gasteiger partial charge on any atom is 0.0814 e. The maximum atomic E-state index is 5.93. The number of nitrogens with one attached hydrogen (secondary N) is 1. The molecule has 1 rings (SSSR count). The lowest BCUT2D eigenvalue weighted by molar-refractivity contribution is -0.0404. The van der Waals surface area contributed by atoms with Crippen molar-refractivity contribution in [2.75, 3.05) is 19.7 Å². The Bertz CT molecular complexity index is 197. The van der Waals surface area contributed by atoms with Crippen molar-refractivity contribution in [3.63, 3.8) is 0 Å². The van der Waals surface area contributed by atoms with Gasteiger partial charge in [-0.05, 0) is 38.6 Å². The Morgan fingerprint density at radius 2 is 1.94 bits per heavy atom. The average Bonchev–Trinajstić information content (AvgIpc) is 2.70. The minimum Gasteiger partial charge on any atom is -0.376 e. The van der Waals surface area contributed by atoms with E-state index < -0.39 is 0 Å². The summed E-state index contributed by atoms with van der Waals surface area (Å²) in [6, 6.07) is 0. The first-order chi connectivity index (χ1) is 8.11. The van der Waals surface area contributed by atoms with Crippen molar-refractivity contribution in [2.24, 2.45) is 5.92 Å². The summed E-state index contributed by atoms with van der Waals surface area (Å²) in [5, 5.41) is 3.34. The van der Waals surface area contributed by atoms with Crippen molar-refractivity contribution >= 4 is 0 Å². The predicted octanol–water partition coefficient (Wildman–Crippen LogP) is 2.59. The summed E-state index contributed by atoms with van der Waals surface area (Å²) in [5.74, 6) is 0.705. The summed E-state index contributed by atoms with van der Waals surface area (Å²) in [6.07, 6.45) is 4.50. The standard InChI is InChI=1S/C14H29NO2/c1-5-15-9-13-6-7-14(17-13)10-16-12(4)8-11(2)3/h11-15H,5-10H2,1-4H3. The van der Waals surface area contributed by atoms with E-state index in [9.17, 15) is 0 Å². The summed E-state index contributed by atoms with van der Waals surface area (Å²) in [5.41, 5.74) is 0. The van der Waals surface area contributed by atoms with Gasteiger partial charge in [-0.3, -0.25) is 0 Å². The van der Waals surface area contributed by atoms with Crippen LogP contribution >= 0.6 is 0 Å². The van der Waals surface area contributed by atoms with Gasteiger partial charge in [0.1, 0.15) is 0 Å². The number of rotatable bonds is 8. The van der Waals surface area contributed by atoms with Crippen LogP contribution < -0.4 is 5.32 Å². The SMILES string of the molecule is CCNCC1CCC(COC(C)CC(C)C)O1. The second-order valence-corrected chi connectivity index (χ2v) is 5.54. The van der Waals surface area contributed by atoms with Crippen LogP contribution in [0.15, 0.2) is 0 Å². The molecular formula is C14H29NO2. The second kappa shape index (κ2) is 8.06. The van der Waals surface area contributed by atoms with E-state index in [1.165, 1.54) is 6.42 Å². The Morgan fingerprint density at radius 3 is 2.59 bits per heavy atom. The molecule has 3 nitrogen and oxygen atoms in total. The maximum absolute atomic E-state index is 5.93. The molecule has 0 aromatic heterocycles. The highest BCUT2D eigenvalue weighted by molar-refractivity contribution is 4.75. The predicted molar refractivity (Wildman–Crippen MR) is 71.3 cm³/mol. The molecule has 0 aromatic rings. The fourth-order valence-electron chi connectivity index (χ4n) is 2.36. The van der Waals surface area contributed by atoms with Gasteiger partial charge in [0.15, 0.2) is 0 Å². The molecule has 1 saturated heterocycles. The molecule has 0 amide bonds. The van der Waals surface area contributed by atoms with Gasteiger partial charge < -0.3 is 14.8 Å². The molecule has 1 fully saturated rings. The van der Waals surface area contributed by atoms with Crippen molar-refractivity contribution < 1.29 is 9.47 Å². The molecule has 102 valence electrons. The lowest BCUT2D eigenvalue weighted by atomic mass is 10.1. The van der Waals surface area contributed by atoms with Crippen LogP contribution in [0.4, 0.5) is 0 Å². The number of likely N-dealkylation sites (N-methyl/N-ethyl adjacent to an activating group) is 1. The first-order valence-corrected chi connectivity index (χ1v) is 7.09. The van der Waals surface area contributed by atoms with Crippen molar-refractivity contribution in [2.45, 2.75) is 65.3 Å². The van der Waals surface area contributed by atoms with Gasteiger partial charge in [-0.2, -0.15) is 0 Å². The fraction of sp³-hybridized carbons (Fsp3) is 1.00. The van der Waals surface area contributed by atoms with E-state index in [4.69, 9.17) is 9.47 Å². The van der Waals surface area contributed by atoms with Crippen LogP contribution in [0.1, 0.15) is 47.0 Å². The molecule has 17 heavy (non-hydrogen) atoms. The van der Waals surface area contributed by atoms with Crippen molar-refractivity contribution in [3.05, 3.63) is 0 Å². The number of hydrogen-bond donors (Lipinski definition) is 1. The van der Waals surface area contributed by atoms with Gasteiger partial charge in [0.2, 0.25) is 0 Å². The summed E-state index contributed by atoms with van der Waals surface area (Å²) < 4.78 is 11.8. The van der Waals surface area contributed by atoms with Gasteiger partial charge in [-0.15, -0.1) is 0 Å². The second-order valence-electron chi connectivity index (χ2n) is 5.54. The third kappa shape index (κ3) is 6.39. The number of hydrogen-bond acceptors (Lipinski definition) is 3. The van der Waals surface area contributed by atoms with Crippen LogP contribution in [0.3, 0.4) is 0 Å². The topological polar surface area (TPSA) is 30.5 Å². The minimum absolute atomic E-state index is 0.313. The highest BCUT2D eigenvalue weighted by Gasteiger charge is 2.25. The number of ether oxygens (including phenoxy) is 2. The highest BCUT2D eigenvalue weighted by Crippen LogP contribution is 2.20.